The molecule has 8 atom stereocenters. The molecule has 0 unspecified atom stereocenters. The van der Waals surface area contributed by atoms with Crippen molar-refractivity contribution >= 4 is 45.3 Å². The van der Waals surface area contributed by atoms with Crippen LogP contribution < -0.4 is 9.64 Å². The maximum atomic E-state index is 15.4. The fraction of sp³-hybridized carbons (Fsp3) is 0.381. The molecule has 1 spiro atoms. The summed E-state index contributed by atoms with van der Waals surface area (Å²) in [6.45, 7) is 1.51. The Balaban J connectivity index is 1.38. The van der Waals surface area contributed by atoms with E-state index in [1.165, 1.54) is 4.90 Å². The summed E-state index contributed by atoms with van der Waals surface area (Å²) in [7, 11) is 3.25. The van der Waals surface area contributed by atoms with E-state index in [2.05, 4.69) is 15.9 Å². The quantitative estimate of drug-likeness (QED) is 0.262. The SMILES string of the molecule is COc1ccc(N2C/C=C\CCC(=O)N(C)[C@H](C)[C@@H](c3ccccc3)OC(=O)[C@@H]3[C@H]4O[C@@]5(C=C4Br)[C@H](C2=O)N([C@@H](CO)Cc2ccccc2)C(=O)[C@@H]35)cc1. The average molecular weight is 799 g/mol. The second-order valence-corrected chi connectivity index (χ2v) is 15.2. The van der Waals surface area contributed by atoms with Crippen LogP contribution in [-0.4, -0.2) is 95.7 Å². The lowest BCUT2D eigenvalue weighted by Gasteiger charge is -2.38. The molecule has 0 saturated carbocycles. The van der Waals surface area contributed by atoms with Gasteiger partial charge in [0.1, 0.15) is 35.5 Å². The lowest BCUT2D eigenvalue weighted by atomic mass is 9.74. The van der Waals surface area contributed by atoms with Gasteiger partial charge in [0.05, 0.1) is 31.7 Å². The number of carbonyl (C=O) groups excluding carboxylic acids is 4. The number of halogens is 1. The minimum Gasteiger partial charge on any atom is -0.497 e. The molecule has 3 aromatic rings. The van der Waals surface area contributed by atoms with E-state index >= 15 is 9.59 Å². The zero-order valence-electron chi connectivity index (χ0n) is 30.4. The van der Waals surface area contributed by atoms with Crippen molar-refractivity contribution < 1.29 is 38.5 Å². The van der Waals surface area contributed by atoms with E-state index in [0.29, 0.717) is 27.9 Å². The van der Waals surface area contributed by atoms with Gasteiger partial charge in [-0.1, -0.05) is 88.7 Å². The van der Waals surface area contributed by atoms with Crippen molar-refractivity contribution in [3.05, 3.63) is 119 Å². The van der Waals surface area contributed by atoms with E-state index in [4.69, 9.17) is 14.2 Å². The molecule has 0 aromatic heterocycles. The third-order valence-electron chi connectivity index (χ3n) is 11.2. The lowest BCUT2D eigenvalue weighted by molar-refractivity contribution is -0.164. The third-order valence-corrected chi connectivity index (χ3v) is 11.9. The lowest BCUT2D eigenvalue weighted by Crippen LogP contribution is -2.59. The minimum atomic E-state index is -1.56. The van der Waals surface area contributed by atoms with Crippen LogP contribution in [0.25, 0.3) is 0 Å². The number of amides is 3. The molecule has 11 nitrogen and oxygen atoms in total. The number of anilines is 1. The molecule has 4 aliphatic heterocycles. The van der Waals surface area contributed by atoms with Gasteiger partial charge in [0.15, 0.2) is 0 Å². The summed E-state index contributed by atoms with van der Waals surface area (Å²) in [6, 6.07) is 23.1. The summed E-state index contributed by atoms with van der Waals surface area (Å²) >= 11 is 3.64. The number of rotatable bonds is 7. The highest BCUT2D eigenvalue weighted by atomic mass is 79.9. The van der Waals surface area contributed by atoms with Gasteiger partial charge in [-0.3, -0.25) is 19.2 Å². The van der Waals surface area contributed by atoms with E-state index in [9.17, 15) is 14.7 Å². The Morgan fingerprint density at radius 2 is 1.61 bits per heavy atom. The summed E-state index contributed by atoms with van der Waals surface area (Å²) in [5.41, 5.74) is 0.538. The van der Waals surface area contributed by atoms with Crippen molar-refractivity contribution in [1.82, 2.24) is 9.80 Å². The zero-order chi connectivity index (χ0) is 38.1. The molecule has 7 rings (SSSR count). The van der Waals surface area contributed by atoms with E-state index in [1.54, 1.807) is 54.3 Å². The fourth-order valence-electron chi connectivity index (χ4n) is 8.37. The second-order valence-electron chi connectivity index (χ2n) is 14.3. The molecule has 4 heterocycles. The topological polar surface area (TPSA) is 126 Å². The minimum absolute atomic E-state index is 0.114. The molecule has 0 aliphatic carbocycles. The van der Waals surface area contributed by atoms with E-state index in [-0.39, 0.29) is 25.3 Å². The summed E-state index contributed by atoms with van der Waals surface area (Å²) < 4.78 is 19.0. The molecule has 2 saturated heterocycles. The van der Waals surface area contributed by atoms with Gasteiger partial charge in [-0.2, -0.15) is 0 Å². The molecular weight excluding hydrogens is 754 g/mol. The number of esters is 1. The van der Waals surface area contributed by atoms with Crippen LogP contribution in [0.3, 0.4) is 0 Å². The largest absolute Gasteiger partial charge is 0.497 e. The Labute approximate surface area is 323 Å². The highest BCUT2D eigenvalue weighted by Crippen LogP contribution is 2.59. The van der Waals surface area contributed by atoms with Gasteiger partial charge in [0.25, 0.3) is 5.91 Å². The number of carbonyl (C=O) groups is 4. The maximum absolute atomic E-state index is 15.4. The molecule has 3 amide bonds. The monoisotopic (exact) mass is 797 g/mol. The highest BCUT2D eigenvalue weighted by molar-refractivity contribution is 9.11. The number of cyclic esters (lactones) is 1. The number of benzene rings is 3. The molecule has 3 aromatic carbocycles. The molecular formula is C42H44BrN3O8. The van der Waals surface area contributed by atoms with Crippen molar-refractivity contribution in [2.45, 2.75) is 62.1 Å². The Morgan fingerprint density at radius 1 is 0.926 bits per heavy atom. The zero-order valence-corrected chi connectivity index (χ0v) is 32.0. The first-order valence-electron chi connectivity index (χ1n) is 18.2. The van der Waals surface area contributed by atoms with Crippen molar-refractivity contribution in [1.29, 1.82) is 0 Å². The number of methoxy groups -OCH3 is 1. The van der Waals surface area contributed by atoms with Gasteiger partial charge in [-0.05, 0) is 61.2 Å². The molecule has 1 N–H and O–H groups in total. The number of hydrogen-bond acceptors (Lipinski definition) is 8. The third kappa shape index (κ3) is 6.64. The van der Waals surface area contributed by atoms with Crippen LogP contribution in [0.15, 0.2) is 108 Å². The Kier molecular flexibility index (Phi) is 10.8. The first-order chi connectivity index (χ1) is 26.1. The molecule has 5 bridgehead atoms. The van der Waals surface area contributed by atoms with Crippen molar-refractivity contribution in [2.75, 3.05) is 32.2 Å². The fourth-order valence-corrected chi connectivity index (χ4v) is 9.11. The first kappa shape index (κ1) is 37.5. The number of nitrogens with zero attached hydrogens (tertiary/aromatic N) is 3. The molecule has 2 fully saturated rings. The normalized spacial score (nSPS) is 29.9. The highest BCUT2D eigenvalue weighted by Gasteiger charge is 2.75. The second kappa shape index (κ2) is 15.5. The number of aliphatic hydroxyl groups is 1. The van der Waals surface area contributed by atoms with Crippen LogP contribution in [0, 0.1) is 11.8 Å². The Bertz CT molecular complexity index is 1940. The van der Waals surface area contributed by atoms with Gasteiger partial charge in [-0.15, -0.1) is 0 Å². The summed E-state index contributed by atoms with van der Waals surface area (Å²) in [4.78, 5) is 63.2. The van der Waals surface area contributed by atoms with Crippen molar-refractivity contribution in [3.8, 4) is 5.75 Å². The predicted octanol–water partition coefficient (Wildman–Crippen LogP) is 4.99. The smallest absolute Gasteiger partial charge is 0.313 e. The number of hydrogen-bond donors (Lipinski definition) is 1. The number of ether oxygens (including phenoxy) is 3. The van der Waals surface area contributed by atoms with Crippen LogP contribution in [0.4, 0.5) is 5.69 Å². The van der Waals surface area contributed by atoms with Crippen molar-refractivity contribution in [3.63, 3.8) is 0 Å². The van der Waals surface area contributed by atoms with Crippen LogP contribution >= 0.6 is 15.9 Å². The standard InChI is InChI=1S/C42H44BrN3O8/c1-26-36(28-15-9-5-10-16-28)53-41(51)34-35-39(49)46(30(25-47)23-27-13-7-4-8-14-27)38(42(35)24-32(43)37(34)54-42)40(50)45(29-18-20-31(52-3)21-19-29)22-12-6-11-17-33(48)44(26)2/h4-10,12-16,18-21,24,26,30,34-38,47H,11,17,22-23,25H2,1-3H3/b12-6-/t26-,30-,34+,35-,36+,37+,38+,42-/m1/s1. The summed E-state index contributed by atoms with van der Waals surface area (Å²) in [5, 5.41) is 11.0. The molecule has 4 aliphatic rings. The predicted molar refractivity (Wildman–Crippen MR) is 204 cm³/mol. The summed E-state index contributed by atoms with van der Waals surface area (Å²) in [5.74, 6) is -3.41. The van der Waals surface area contributed by atoms with Gasteiger partial charge in [0, 0.05) is 30.2 Å². The van der Waals surface area contributed by atoms with Crippen LogP contribution in [-0.2, 0) is 35.1 Å². The van der Waals surface area contributed by atoms with E-state index in [0.717, 1.165) is 5.56 Å². The van der Waals surface area contributed by atoms with Gasteiger partial charge in [-0.25, -0.2) is 0 Å². The Morgan fingerprint density at radius 3 is 2.28 bits per heavy atom. The molecule has 54 heavy (non-hydrogen) atoms. The van der Waals surface area contributed by atoms with E-state index < -0.39 is 72.2 Å². The Hall–Kier alpha value is -4.78. The first-order valence-corrected chi connectivity index (χ1v) is 19.0. The summed E-state index contributed by atoms with van der Waals surface area (Å²) in [6.07, 6.45) is 4.55. The van der Waals surface area contributed by atoms with Crippen LogP contribution in [0.1, 0.15) is 37.0 Å². The number of aliphatic hydroxyl groups excluding tert-OH is 1. The molecule has 12 heteroatoms. The van der Waals surface area contributed by atoms with Gasteiger partial charge < -0.3 is 34.0 Å². The number of likely N-dealkylation sites (N-methyl/N-ethyl adjacent to an activating group) is 1. The molecule has 0 radical (unpaired) electrons. The molecule has 282 valence electrons. The van der Waals surface area contributed by atoms with E-state index in [1.807, 2.05) is 79.7 Å². The van der Waals surface area contributed by atoms with Gasteiger partial charge in [0.2, 0.25) is 11.8 Å². The van der Waals surface area contributed by atoms with Crippen molar-refractivity contribution in [2.24, 2.45) is 11.8 Å². The van der Waals surface area contributed by atoms with Crippen LogP contribution in [0.5, 0.6) is 5.75 Å². The maximum Gasteiger partial charge on any atom is 0.313 e. The number of allylic oxidation sites excluding steroid dienone is 1. The number of fused-ring (bicyclic) bond motifs is 2. The number of likely N-dealkylation sites (tertiary alicyclic amines) is 1. The van der Waals surface area contributed by atoms with Gasteiger partial charge >= 0.3 is 5.97 Å². The average Bonchev–Trinajstić information content (AvgIpc) is 3.80. The van der Waals surface area contributed by atoms with Crippen LogP contribution in [0.2, 0.25) is 0 Å².